The van der Waals surface area contributed by atoms with E-state index in [2.05, 4.69) is 5.16 Å². The molecule has 1 aromatic carbocycles. The molecule has 0 atom stereocenters. The highest BCUT2D eigenvalue weighted by Gasteiger charge is 2.20. The number of aryl methyl sites for hydroxylation is 2. The van der Waals surface area contributed by atoms with Gasteiger partial charge >= 0.3 is 0 Å². The molecule has 102 valence electrons. The van der Waals surface area contributed by atoms with Crippen LogP contribution in [0.15, 0.2) is 22.7 Å². The molecular weight excluding hydrogens is 254 g/mol. The van der Waals surface area contributed by atoms with Crippen molar-refractivity contribution in [3.63, 3.8) is 0 Å². The van der Waals surface area contributed by atoms with Crippen LogP contribution in [0.4, 0.5) is 0 Å². The number of fused-ring (bicyclic) bond motifs is 1. The minimum atomic E-state index is 0.115. The molecule has 4 heteroatoms. The van der Waals surface area contributed by atoms with Gasteiger partial charge in [-0.1, -0.05) is 11.2 Å². The van der Waals surface area contributed by atoms with Crippen molar-refractivity contribution >= 4 is 11.9 Å². The first kappa shape index (κ1) is 12.7. The Bertz CT molecular complexity index is 706. The Labute approximate surface area is 117 Å². The normalized spacial score (nSPS) is 13.4. The van der Waals surface area contributed by atoms with Gasteiger partial charge in [-0.05, 0) is 43.2 Å². The van der Waals surface area contributed by atoms with E-state index in [1.165, 1.54) is 0 Å². The second kappa shape index (κ2) is 4.63. The fourth-order valence-corrected chi connectivity index (χ4v) is 2.61. The third-order valence-electron chi connectivity index (χ3n) is 3.58. The van der Waals surface area contributed by atoms with Crippen molar-refractivity contribution in [1.29, 1.82) is 0 Å². The Balaban J connectivity index is 2.23. The second-order valence-electron chi connectivity index (χ2n) is 4.93. The minimum absolute atomic E-state index is 0.115. The van der Waals surface area contributed by atoms with Crippen molar-refractivity contribution in [2.45, 2.75) is 20.3 Å². The number of methoxy groups -OCH3 is 1. The molecule has 0 saturated heterocycles. The molecule has 1 aromatic heterocycles. The maximum atomic E-state index is 11.5. The highest BCUT2D eigenvalue weighted by Crippen LogP contribution is 2.37. The molecule has 1 heterocycles. The van der Waals surface area contributed by atoms with Crippen LogP contribution in [0.5, 0.6) is 5.75 Å². The number of carbonyl (C=O) groups excluding carboxylic acids is 1. The van der Waals surface area contributed by atoms with Gasteiger partial charge in [0.25, 0.3) is 0 Å². The van der Waals surface area contributed by atoms with E-state index in [1.54, 1.807) is 13.2 Å². The van der Waals surface area contributed by atoms with Crippen molar-refractivity contribution in [3.05, 3.63) is 40.8 Å². The number of allylic oxidation sites excluding steroid dienone is 1. The first-order valence-corrected chi connectivity index (χ1v) is 6.45. The van der Waals surface area contributed by atoms with Gasteiger partial charge in [-0.2, -0.15) is 0 Å². The number of hydrogen-bond acceptors (Lipinski definition) is 4. The smallest absolute Gasteiger partial charge is 0.160 e. The van der Waals surface area contributed by atoms with Crippen molar-refractivity contribution < 1.29 is 14.1 Å². The monoisotopic (exact) mass is 269 g/mol. The largest absolute Gasteiger partial charge is 0.496 e. The van der Waals surface area contributed by atoms with Gasteiger partial charge in [0.15, 0.2) is 5.78 Å². The van der Waals surface area contributed by atoms with Gasteiger partial charge in [0, 0.05) is 12.0 Å². The van der Waals surface area contributed by atoms with Gasteiger partial charge in [0.1, 0.15) is 11.5 Å². The third-order valence-corrected chi connectivity index (χ3v) is 3.58. The lowest BCUT2D eigenvalue weighted by Crippen LogP contribution is -2.06. The van der Waals surface area contributed by atoms with Crippen LogP contribution in [0.1, 0.15) is 22.6 Å². The molecule has 0 fully saturated rings. The Hall–Kier alpha value is -2.36. The SMILES string of the molecule is COc1cc2c(cc1-c1c(C)noc1C)C=CC(=O)C2. The molecule has 0 aliphatic heterocycles. The van der Waals surface area contributed by atoms with Crippen LogP contribution in [0.3, 0.4) is 0 Å². The molecule has 0 bridgehead atoms. The fraction of sp³-hybridized carbons (Fsp3) is 0.250. The predicted molar refractivity (Wildman–Crippen MR) is 75.7 cm³/mol. The van der Waals surface area contributed by atoms with Crippen LogP contribution in [0, 0.1) is 13.8 Å². The minimum Gasteiger partial charge on any atom is -0.496 e. The van der Waals surface area contributed by atoms with Crippen molar-refractivity contribution in [2.75, 3.05) is 7.11 Å². The van der Waals surface area contributed by atoms with Crippen LogP contribution in [0.25, 0.3) is 17.2 Å². The van der Waals surface area contributed by atoms with Crippen molar-refractivity contribution in [2.24, 2.45) is 0 Å². The number of rotatable bonds is 2. The van der Waals surface area contributed by atoms with Gasteiger partial charge in [-0.25, -0.2) is 0 Å². The zero-order chi connectivity index (χ0) is 14.3. The van der Waals surface area contributed by atoms with Crippen LogP contribution in [-0.2, 0) is 11.2 Å². The maximum Gasteiger partial charge on any atom is 0.160 e. The Morgan fingerprint density at radius 1 is 1.25 bits per heavy atom. The predicted octanol–water partition coefficient (Wildman–Crippen LogP) is 3.11. The number of aromatic nitrogens is 1. The summed E-state index contributed by atoms with van der Waals surface area (Å²) in [5.41, 5.74) is 4.76. The Morgan fingerprint density at radius 3 is 2.70 bits per heavy atom. The molecule has 1 aliphatic rings. The summed E-state index contributed by atoms with van der Waals surface area (Å²) in [5.74, 6) is 1.61. The Kier molecular flexibility index (Phi) is 2.93. The van der Waals surface area contributed by atoms with Gasteiger partial charge in [-0.3, -0.25) is 4.79 Å². The van der Waals surface area contributed by atoms with Crippen LogP contribution < -0.4 is 4.74 Å². The summed E-state index contributed by atoms with van der Waals surface area (Å²) in [6, 6.07) is 3.96. The lowest BCUT2D eigenvalue weighted by Gasteiger charge is -2.15. The van der Waals surface area contributed by atoms with Gasteiger partial charge in [-0.15, -0.1) is 0 Å². The highest BCUT2D eigenvalue weighted by molar-refractivity contribution is 5.99. The number of hydrogen-bond donors (Lipinski definition) is 0. The quantitative estimate of drug-likeness (QED) is 0.840. The molecule has 0 spiro atoms. The molecule has 2 aromatic rings. The molecule has 20 heavy (non-hydrogen) atoms. The summed E-state index contributed by atoms with van der Waals surface area (Å²) < 4.78 is 10.7. The average Bonchev–Trinajstić information content (AvgIpc) is 2.76. The molecule has 0 saturated carbocycles. The summed E-state index contributed by atoms with van der Waals surface area (Å²) in [7, 11) is 1.63. The van der Waals surface area contributed by atoms with E-state index in [9.17, 15) is 4.79 Å². The van der Waals surface area contributed by atoms with Gasteiger partial charge in [0.2, 0.25) is 0 Å². The van der Waals surface area contributed by atoms with Crippen LogP contribution >= 0.6 is 0 Å². The number of benzene rings is 1. The van der Waals surface area contributed by atoms with Gasteiger partial charge < -0.3 is 9.26 Å². The lowest BCUT2D eigenvalue weighted by molar-refractivity contribution is -0.114. The lowest BCUT2D eigenvalue weighted by atomic mass is 9.91. The first-order valence-electron chi connectivity index (χ1n) is 6.45. The van der Waals surface area contributed by atoms with E-state index in [1.807, 2.05) is 32.1 Å². The van der Waals surface area contributed by atoms with Gasteiger partial charge in [0.05, 0.1) is 18.4 Å². The van der Waals surface area contributed by atoms with Crippen LogP contribution in [0.2, 0.25) is 0 Å². The zero-order valence-electron chi connectivity index (χ0n) is 11.7. The molecule has 0 radical (unpaired) electrons. The molecule has 0 unspecified atom stereocenters. The van der Waals surface area contributed by atoms with E-state index in [0.717, 1.165) is 39.5 Å². The van der Waals surface area contributed by atoms with E-state index < -0.39 is 0 Å². The second-order valence-corrected chi connectivity index (χ2v) is 4.93. The van der Waals surface area contributed by atoms with Crippen molar-refractivity contribution in [1.82, 2.24) is 5.16 Å². The van der Waals surface area contributed by atoms with Crippen molar-refractivity contribution in [3.8, 4) is 16.9 Å². The number of ether oxygens (including phenoxy) is 1. The Morgan fingerprint density at radius 2 is 2.05 bits per heavy atom. The molecule has 0 amide bonds. The van der Waals surface area contributed by atoms with E-state index in [4.69, 9.17) is 9.26 Å². The fourth-order valence-electron chi connectivity index (χ4n) is 2.61. The standard InChI is InChI=1S/C16H15NO3/c1-9-16(10(2)20-17-9)14-7-11-4-5-13(18)6-12(11)8-15(14)19-3/h4-5,7-8H,6H2,1-3H3. The summed E-state index contributed by atoms with van der Waals surface area (Å²) in [6.07, 6.45) is 3.89. The zero-order valence-corrected chi connectivity index (χ0v) is 11.7. The van der Waals surface area contributed by atoms with E-state index in [0.29, 0.717) is 6.42 Å². The third kappa shape index (κ3) is 1.93. The average molecular weight is 269 g/mol. The number of nitrogens with zero attached hydrogens (tertiary/aromatic N) is 1. The van der Waals surface area contributed by atoms with E-state index >= 15 is 0 Å². The first-order chi connectivity index (χ1) is 9.60. The summed E-state index contributed by atoms with van der Waals surface area (Å²) >= 11 is 0. The number of carbonyl (C=O) groups is 1. The molecular formula is C16H15NO3. The number of ketones is 1. The molecule has 0 N–H and O–H groups in total. The maximum absolute atomic E-state index is 11.5. The molecule has 3 rings (SSSR count). The summed E-state index contributed by atoms with van der Waals surface area (Å²) in [4.78, 5) is 11.5. The topological polar surface area (TPSA) is 52.3 Å². The molecule has 1 aliphatic carbocycles. The molecule has 4 nitrogen and oxygen atoms in total. The van der Waals surface area contributed by atoms with Crippen LogP contribution in [-0.4, -0.2) is 18.0 Å². The summed E-state index contributed by atoms with van der Waals surface area (Å²) in [5, 5.41) is 3.99. The van der Waals surface area contributed by atoms with E-state index in [-0.39, 0.29) is 5.78 Å². The summed E-state index contributed by atoms with van der Waals surface area (Å²) in [6.45, 7) is 3.79. The highest BCUT2D eigenvalue weighted by atomic mass is 16.5.